The Bertz CT molecular complexity index is 291. The molecular weight excluding hydrogens is 214 g/mol. The maximum absolute atomic E-state index is 3.47. The second-order valence-corrected chi connectivity index (χ2v) is 5.19. The maximum atomic E-state index is 3.47. The lowest BCUT2D eigenvalue weighted by Crippen LogP contribution is -2.21. The standard InChI is InChI=1S/C14H23NS/c1-4-15-11-14(8-9-16-3)13-7-5-6-12(2)10-13/h5-7,10,14-15H,4,8-9,11H2,1-3H3. The van der Waals surface area contributed by atoms with E-state index in [1.807, 2.05) is 11.8 Å². The minimum absolute atomic E-state index is 0.660. The van der Waals surface area contributed by atoms with Crippen LogP contribution < -0.4 is 5.32 Å². The van der Waals surface area contributed by atoms with Gasteiger partial charge < -0.3 is 5.32 Å². The number of rotatable bonds is 7. The van der Waals surface area contributed by atoms with E-state index < -0.39 is 0 Å². The Labute approximate surface area is 104 Å². The number of thioether (sulfide) groups is 1. The lowest BCUT2D eigenvalue weighted by atomic mass is 9.95. The fourth-order valence-corrected chi connectivity index (χ4v) is 2.41. The highest BCUT2D eigenvalue weighted by molar-refractivity contribution is 7.98. The summed E-state index contributed by atoms with van der Waals surface area (Å²) in [6, 6.07) is 8.92. The van der Waals surface area contributed by atoms with Crippen molar-refractivity contribution < 1.29 is 0 Å². The Morgan fingerprint density at radius 2 is 2.19 bits per heavy atom. The van der Waals surface area contributed by atoms with Crippen LogP contribution in [0.25, 0.3) is 0 Å². The molecule has 0 fully saturated rings. The highest BCUT2D eigenvalue weighted by atomic mass is 32.2. The van der Waals surface area contributed by atoms with Gasteiger partial charge in [-0.3, -0.25) is 0 Å². The van der Waals surface area contributed by atoms with Crippen LogP contribution in [-0.4, -0.2) is 25.1 Å². The summed E-state index contributed by atoms with van der Waals surface area (Å²) in [5, 5.41) is 3.47. The number of aryl methyl sites for hydroxylation is 1. The Kier molecular flexibility index (Phi) is 6.58. The average molecular weight is 237 g/mol. The number of benzene rings is 1. The molecule has 1 nitrogen and oxygen atoms in total. The van der Waals surface area contributed by atoms with Gasteiger partial charge in [-0.1, -0.05) is 36.8 Å². The van der Waals surface area contributed by atoms with E-state index in [2.05, 4.69) is 49.7 Å². The Balaban J connectivity index is 2.66. The third kappa shape index (κ3) is 4.58. The summed E-state index contributed by atoms with van der Waals surface area (Å²) in [4.78, 5) is 0. The molecule has 0 saturated carbocycles. The van der Waals surface area contributed by atoms with E-state index in [0.717, 1.165) is 13.1 Å². The third-order valence-corrected chi connectivity index (χ3v) is 3.47. The molecule has 0 aliphatic carbocycles. The van der Waals surface area contributed by atoms with Gasteiger partial charge in [-0.25, -0.2) is 0 Å². The first-order chi connectivity index (χ1) is 7.77. The molecule has 1 aromatic rings. The quantitative estimate of drug-likeness (QED) is 0.779. The van der Waals surface area contributed by atoms with E-state index in [1.165, 1.54) is 23.3 Å². The molecule has 0 amide bonds. The van der Waals surface area contributed by atoms with Gasteiger partial charge in [0.25, 0.3) is 0 Å². The zero-order chi connectivity index (χ0) is 11.8. The van der Waals surface area contributed by atoms with Crippen LogP contribution in [0.4, 0.5) is 0 Å². The van der Waals surface area contributed by atoms with E-state index in [0.29, 0.717) is 5.92 Å². The van der Waals surface area contributed by atoms with Crippen LogP contribution in [-0.2, 0) is 0 Å². The molecule has 0 heterocycles. The Hall–Kier alpha value is -0.470. The smallest absolute Gasteiger partial charge is 0.00203 e. The Morgan fingerprint density at radius 1 is 1.38 bits per heavy atom. The van der Waals surface area contributed by atoms with Crippen molar-refractivity contribution in [2.45, 2.75) is 26.2 Å². The molecule has 1 unspecified atom stereocenters. The molecule has 0 saturated heterocycles. The third-order valence-electron chi connectivity index (χ3n) is 2.82. The van der Waals surface area contributed by atoms with Gasteiger partial charge in [0.1, 0.15) is 0 Å². The molecule has 0 bridgehead atoms. The molecule has 1 aromatic carbocycles. The summed E-state index contributed by atoms with van der Waals surface area (Å²) < 4.78 is 0. The van der Waals surface area contributed by atoms with Crippen LogP contribution >= 0.6 is 11.8 Å². The predicted octanol–water partition coefficient (Wildman–Crippen LogP) is 3.44. The van der Waals surface area contributed by atoms with Crippen molar-refractivity contribution in [3.8, 4) is 0 Å². The zero-order valence-corrected chi connectivity index (χ0v) is 11.4. The molecule has 2 heteroatoms. The molecule has 0 aliphatic rings. The number of hydrogen-bond donors (Lipinski definition) is 1. The zero-order valence-electron chi connectivity index (χ0n) is 10.6. The van der Waals surface area contributed by atoms with Crippen molar-refractivity contribution in [2.24, 2.45) is 0 Å². The number of nitrogens with one attached hydrogen (secondary N) is 1. The molecule has 1 N–H and O–H groups in total. The van der Waals surface area contributed by atoms with Crippen LogP contribution in [0.2, 0.25) is 0 Å². The van der Waals surface area contributed by atoms with Crippen molar-refractivity contribution in [2.75, 3.05) is 25.1 Å². The fraction of sp³-hybridized carbons (Fsp3) is 0.571. The van der Waals surface area contributed by atoms with E-state index in [9.17, 15) is 0 Å². The summed E-state index contributed by atoms with van der Waals surface area (Å²) in [7, 11) is 0. The van der Waals surface area contributed by atoms with Gasteiger partial charge in [-0.15, -0.1) is 0 Å². The summed E-state index contributed by atoms with van der Waals surface area (Å²) in [6.07, 6.45) is 3.44. The number of hydrogen-bond acceptors (Lipinski definition) is 2. The molecule has 90 valence electrons. The predicted molar refractivity (Wildman–Crippen MR) is 75.5 cm³/mol. The highest BCUT2D eigenvalue weighted by Crippen LogP contribution is 2.21. The minimum Gasteiger partial charge on any atom is -0.316 e. The lowest BCUT2D eigenvalue weighted by Gasteiger charge is -2.17. The van der Waals surface area contributed by atoms with Gasteiger partial charge in [-0.2, -0.15) is 11.8 Å². The van der Waals surface area contributed by atoms with Gasteiger partial charge in [0.2, 0.25) is 0 Å². The first-order valence-corrected chi connectivity index (χ1v) is 7.43. The molecule has 0 aliphatic heterocycles. The highest BCUT2D eigenvalue weighted by Gasteiger charge is 2.10. The van der Waals surface area contributed by atoms with Crippen molar-refractivity contribution in [1.29, 1.82) is 0 Å². The van der Waals surface area contributed by atoms with Crippen LogP contribution in [0.15, 0.2) is 24.3 Å². The normalized spacial score (nSPS) is 12.7. The van der Waals surface area contributed by atoms with Crippen molar-refractivity contribution in [1.82, 2.24) is 5.32 Å². The van der Waals surface area contributed by atoms with Gasteiger partial charge in [0.15, 0.2) is 0 Å². The molecule has 0 spiro atoms. The number of likely N-dealkylation sites (N-methyl/N-ethyl adjacent to an activating group) is 1. The molecule has 1 atom stereocenters. The fourth-order valence-electron chi connectivity index (χ4n) is 1.89. The minimum atomic E-state index is 0.660. The van der Waals surface area contributed by atoms with E-state index in [-0.39, 0.29) is 0 Å². The van der Waals surface area contributed by atoms with Crippen LogP contribution in [0.1, 0.15) is 30.4 Å². The molecular formula is C14H23NS. The maximum Gasteiger partial charge on any atom is 0.00203 e. The van der Waals surface area contributed by atoms with Crippen LogP contribution in [0.3, 0.4) is 0 Å². The first-order valence-electron chi connectivity index (χ1n) is 6.04. The second-order valence-electron chi connectivity index (χ2n) is 4.20. The van der Waals surface area contributed by atoms with E-state index >= 15 is 0 Å². The van der Waals surface area contributed by atoms with Gasteiger partial charge in [0.05, 0.1) is 0 Å². The molecule has 0 radical (unpaired) electrons. The van der Waals surface area contributed by atoms with Crippen molar-refractivity contribution >= 4 is 11.8 Å². The van der Waals surface area contributed by atoms with E-state index in [1.54, 1.807) is 0 Å². The topological polar surface area (TPSA) is 12.0 Å². The molecule has 16 heavy (non-hydrogen) atoms. The largest absolute Gasteiger partial charge is 0.316 e. The summed E-state index contributed by atoms with van der Waals surface area (Å²) in [5.74, 6) is 1.90. The SMILES string of the molecule is CCNCC(CCSC)c1cccc(C)c1. The Morgan fingerprint density at radius 3 is 2.81 bits per heavy atom. The molecule has 1 rings (SSSR count). The van der Waals surface area contributed by atoms with Crippen molar-refractivity contribution in [3.63, 3.8) is 0 Å². The van der Waals surface area contributed by atoms with Crippen molar-refractivity contribution in [3.05, 3.63) is 35.4 Å². The molecule has 0 aromatic heterocycles. The van der Waals surface area contributed by atoms with Crippen LogP contribution in [0, 0.1) is 6.92 Å². The monoisotopic (exact) mass is 237 g/mol. The van der Waals surface area contributed by atoms with Crippen LogP contribution in [0.5, 0.6) is 0 Å². The summed E-state index contributed by atoms with van der Waals surface area (Å²) >= 11 is 1.93. The van der Waals surface area contributed by atoms with Gasteiger partial charge in [0, 0.05) is 6.54 Å². The van der Waals surface area contributed by atoms with Gasteiger partial charge in [-0.05, 0) is 43.4 Å². The average Bonchev–Trinajstić information content (AvgIpc) is 2.29. The summed E-state index contributed by atoms with van der Waals surface area (Å²) in [5.41, 5.74) is 2.85. The first kappa shape index (κ1) is 13.6. The summed E-state index contributed by atoms with van der Waals surface area (Å²) in [6.45, 7) is 6.49. The van der Waals surface area contributed by atoms with E-state index in [4.69, 9.17) is 0 Å². The second kappa shape index (κ2) is 7.75. The lowest BCUT2D eigenvalue weighted by molar-refractivity contribution is 0.587. The van der Waals surface area contributed by atoms with Gasteiger partial charge >= 0.3 is 0 Å².